The molecule has 1 amide bonds. The molecule has 2 aliphatic rings. The third-order valence-electron chi connectivity index (χ3n) is 6.77. The highest BCUT2D eigenvalue weighted by Crippen LogP contribution is 2.20. The lowest BCUT2D eigenvalue weighted by atomic mass is 9.97. The molecule has 1 aromatic carbocycles. The van der Waals surface area contributed by atoms with Crippen LogP contribution >= 0.6 is 0 Å². The van der Waals surface area contributed by atoms with Gasteiger partial charge in [0.05, 0.1) is 17.2 Å². The van der Waals surface area contributed by atoms with Crippen molar-refractivity contribution in [3.05, 3.63) is 65.3 Å². The van der Waals surface area contributed by atoms with Crippen LogP contribution in [0.4, 0.5) is 5.82 Å². The van der Waals surface area contributed by atoms with E-state index in [1.807, 2.05) is 41.4 Å². The van der Waals surface area contributed by atoms with Gasteiger partial charge in [-0.2, -0.15) is 0 Å². The molecule has 0 bridgehead atoms. The van der Waals surface area contributed by atoms with Crippen LogP contribution in [0.15, 0.2) is 59.8 Å². The van der Waals surface area contributed by atoms with Crippen molar-refractivity contribution < 1.29 is 4.79 Å². The molecule has 0 saturated carbocycles. The third kappa shape index (κ3) is 4.90. The number of anilines is 1. The van der Waals surface area contributed by atoms with Gasteiger partial charge in [0.15, 0.2) is 0 Å². The number of amides is 1. The maximum atomic E-state index is 13.0. The highest BCUT2D eigenvalue weighted by atomic mass is 16.2. The normalized spacial score (nSPS) is 19.7. The van der Waals surface area contributed by atoms with E-state index in [9.17, 15) is 9.59 Å². The number of piperazine rings is 1. The van der Waals surface area contributed by atoms with Crippen molar-refractivity contribution in [1.82, 2.24) is 24.3 Å². The molecule has 5 rings (SSSR count). The number of piperidine rings is 1. The fourth-order valence-corrected chi connectivity index (χ4v) is 4.97. The van der Waals surface area contributed by atoms with Crippen molar-refractivity contribution in [2.75, 3.05) is 50.7 Å². The van der Waals surface area contributed by atoms with Gasteiger partial charge in [0.2, 0.25) is 5.91 Å². The molecule has 1 atom stereocenters. The minimum Gasteiger partial charge on any atom is -0.354 e. The number of pyridine rings is 1. The summed E-state index contributed by atoms with van der Waals surface area (Å²) in [6.45, 7) is 6.56. The van der Waals surface area contributed by atoms with Gasteiger partial charge in [-0.05, 0) is 43.0 Å². The molecule has 2 aromatic heterocycles. The van der Waals surface area contributed by atoms with E-state index in [0.29, 0.717) is 16.8 Å². The first-order valence-corrected chi connectivity index (χ1v) is 11.8. The second kappa shape index (κ2) is 9.70. The van der Waals surface area contributed by atoms with Crippen molar-refractivity contribution in [3.63, 3.8) is 0 Å². The van der Waals surface area contributed by atoms with Crippen LogP contribution in [0.3, 0.4) is 0 Å². The maximum Gasteiger partial charge on any atom is 0.261 e. The molecular weight excluding hydrogens is 416 g/mol. The molecule has 0 aliphatic carbocycles. The monoisotopic (exact) mass is 446 g/mol. The number of aromatic nitrogens is 3. The van der Waals surface area contributed by atoms with E-state index < -0.39 is 0 Å². The van der Waals surface area contributed by atoms with E-state index in [4.69, 9.17) is 0 Å². The molecule has 2 saturated heterocycles. The number of fused-ring (bicyclic) bond motifs is 1. The molecule has 2 fully saturated rings. The van der Waals surface area contributed by atoms with Gasteiger partial charge in [-0.25, -0.2) is 9.97 Å². The predicted molar refractivity (Wildman–Crippen MR) is 128 cm³/mol. The average Bonchev–Trinajstić information content (AvgIpc) is 2.87. The summed E-state index contributed by atoms with van der Waals surface area (Å²) in [5.41, 5.74) is 0.501. The van der Waals surface area contributed by atoms with Crippen LogP contribution in [0.2, 0.25) is 0 Å². The van der Waals surface area contributed by atoms with E-state index >= 15 is 0 Å². The summed E-state index contributed by atoms with van der Waals surface area (Å²) in [5, 5.41) is 0.550. The smallest absolute Gasteiger partial charge is 0.261 e. The molecule has 4 heterocycles. The number of para-hydroxylation sites is 1. The molecular formula is C25H30N6O2. The highest BCUT2D eigenvalue weighted by molar-refractivity contribution is 5.79. The number of likely N-dealkylation sites (tertiary alicyclic amines) is 1. The van der Waals surface area contributed by atoms with E-state index in [1.54, 1.807) is 6.07 Å². The van der Waals surface area contributed by atoms with Crippen LogP contribution in [0.25, 0.3) is 10.9 Å². The Morgan fingerprint density at radius 3 is 2.61 bits per heavy atom. The summed E-state index contributed by atoms with van der Waals surface area (Å²) in [6.07, 6.45) is 5.49. The lowest BCUT2D eigenvalue weighted by Gasteiger charge is -2.39. The van der Waals surface area contributed by atoms with Crippen LogP contribution in [0, 0.1) is 5.92 Å². The first-order valence-electron chi connectivity index (χ1n) is 11.8. The van der Waals surface area contributed by atoms with Gasteiger partial charge in [0.25, 0.3) is 5.56 Å². The summed E-state index contributed by atoms with van der Waals surface area (Å²) < 4.78 is 1.44. The first kappa shape index (κ1) is 21.6. The Hall–Kier alpha value is -3.26. The van der Waals surface area contributed by atoms with Crippen molar-refractivity contribution >= 4 is 22.6 Å². The van der Waals surface area contributed by atoms with Gasteiger partial charge >= 0.3 is 0 Å². The second-order valence-electron chi connectivity index (χ2n) is 9.02. The van der Waals surface area contributed by atoms with Crippen molar-refractivity contribution in [3.8, 4) is 0 Å². The minimum absolute atomic E-state index is 0.00106. The summed E-state index contributed by atoms with van der Waals surface area (Å²) in [7, 11) is 0. The molecule has 8 nitrogen and oxygen atoms in total. The van der Waals surface area contributed by atoms with Gasteiger partial charge in [-0.1, -0.05) is 18.2 Å². The van der Waals surface area contributed by atoms with E-state index in [0.717, 1.165) is 64.5 Å². The SMILES string of the molecule is O=C(Cn1cnc2ccccc2c1=O)N1CCC[C@@H](CN2CCN(c3ccccn3)CC2)C1. The lowest BCUT2D eigenvalue weighted by molar-refractivity contribution is -0.133. The molecule has 8 heteroatoms. The van der Waals surface area contributed by atoms with E-state index in [1.165, 1.54) is 10.9 Å². The largest absolute Gasteiger partial charge is 0.354 e. The van der Waals surface area contributed by atoms with Gasteiger partial charge in [0, 0.05) is 52.0 Å². The number of hydrogen-bond donors (Lipinski definition) is 0. The van der Waals surface area contributed by atoms with Crippen LogP contribution in [-0.2, 0) is 11.3 Å². The van der Waals surface area contributed by atoms with Crippen molar-refractivity contribution in [2.45, 2.75) is 19.4 Å². The molecule has 2 aliphatic heterocycles. The zero-order chi connectivity index (χ0) is 22.6. The molecule has 0 spiro atoms. The zero-order valence-electron chi connectivity index (χ0n) is 18.8. The Morgan fingerprint density at radius 1 is 0.970 bits per heavy atom. The quantitative estimate of drug-likeness (QED) is 0.596. The number of benzene rings is 1. The highest BCUT2D eigenvalue weighted by Gasteiger charge is 2.27. The Kier molecular flexibility index (Phi) is 6.35. The van der Waals surface area contributed by atoms with Crippen LogP contribution in [0.1, 0.15) is 12.8 Å². The third-order valence-corrected chi connectivity index (χ3v) is 6.77. The molecule has 33 heavy (non-hydrogen) atoms. The number of hydrogen-bond acceptors (Lipinski definition) is 6. The number of carbonyl (C=O) groups is 1. The predicted octanol–water partition coefficient (Wildman–Crippen LogP) is 1.85. The summed E-state index contributed by atoms with van der Waals surface area (Å²) in [5.74, 6) is 1.51. The van der Waals surface area contributed by atoms with Crippen molar-refractivity contribution in [2.24, 2.45) is 5.92 Å². The number of nitrogens with zero attached hydrogens (tertiary/aromatic N) is 6. The van der Waals surface area contributed by atoms with Crippen LogP contribution in [-0.4, -0.2) is 76.1 Å². The molecule has 0 unspecified atom stereocenters. The van der Waals surface area contributed by atoms with Gasteiger partial charge in [0.1, 0.15) is 12.4 Å². The molecule has 0 N–H and O–H groups in total. The maximum absolute atomic E-state index is 13.0. The van der Waals surface area contributed by atoms with Crippen LogP contribution < -0.4 is 10.5 Å². The molecule has 0 radical (unpaired) electrons. The van der Waals surface area contributed by atoms with E-state index in [-0.39, 0.29) is 18.0 Å². The fraction of sp³-hybridized carbons (Fsp3) is 0.440. The summed E-state index contributed by atoms with van der Waals surface area (Å²) in [6, 6.07) is 13.3. The Bertz CT molecular complexity index is 1160. The Balaban J connectivity index is 1.15. The number of carbonyl (C=O) groups excluding carboxylic acids is 1. The van der Waals surface area contributed by atoms with Gasteiger partial charge < -0.3 is 9.80 Å². The zero-order valence-corrected chi connectivity index (χ0v) is 18.8. The first-order chi connectivity index (χ1) is 16.2. The number of rotatable bonds is 5. The standard InChI is InChI=1S/C25H30N6O2/c32-24(18-31-19-27-22-8-2-1-7-21(22)25(31)33)30-11-5-6-20(17-30)16-28-12-14-29(15-13-28)23-9-3-4-10-26-23/h1-4,7-10,19-20H,5-6,11-18H2/t20-/m0/s1. The van der Waals surface area contributed by atoms with Crippen LogP contribution in [0.5, 0.6) is 0 Å². The Morgan fingerprint density at radius 2 is 1.79 bits per heavy atom. The lowest BCUT2D eigenvalue weighted by Crippen LogP contribution is -2.50. The Labute approximate surface area is 193 Å². The second-order valence-corrected chi connectivity index (χ2v) is 9.02. The minimum atomic E-state index is -0.159. The van der Waals surface area contributed by atoms with Crippen molar-refractivity contribution in [1.29, 1.82) is 0 Å². The van der Waals surface area contributed by atoms with Gasteiger partial charge in [-0.15, -0.1) is 0 Å². The summed E-state index contributed by atoms with van der Waals surface area (Å²) in [4.78, 5) is 41.3. The van der Waals surface area contributed by atoms with Gasteiger partial charge in [-0.3, -0.25) is 19.1 Å². The fourth-order valence-electron chi connectivity index (χ4n) is 4.97. The van der Waals surface area contributed by atoms with E-state index in [2.05, 4.69) is 25.8 Å². The summed E-state index contributed by atoms with van der Waals surface area (Å²) >= 11 is 0. The average molecular weight is 447 g/mol. The molecule has 172 valence electrons. The molecule has 3 aromatic rings. The topological polar surface area (TPSA) is 74.6 Å².